The summed E-state index contributed by atoms with van der Waals surface area (Å²) < 4.78 is 19.4. The monoisotopic (exact) mass is 577 g/mol. The van der Waals surface area contributed by atoms with E-state index in [1.165, 1.54) is 18.2 Å². The summed E-state index contributed by atoms with van der Waals surface area (Å²) in [6.45, 7) is 1.59. The van der Waals surface area contributed by atoms with Crippen LogP contribution < -0.4 is 16.2 Å². The number of amides is 2. The molecule has 0 radical (unpaired) electrons. The first-order valence-electron chi connectivity index (χ1n) is 14.4. The second-order valence-corrected chi connectivity index (χ2v) is 11.3. The zero-order valence-corrected chi connectivity index (χ0v) is 23.0. The Bertz CT molecular complexity index is 1610. The zero-order chi connectivity index (χ0) is 29.4. The molecule has 2 atom stereocenters. The van der Waals surface area contributed by atoms with Gasteiger partial charge in [-0.25, -0.2) is 4.39 Å². The molecule has 0 unspecified atom stereocenters. The van der Waals surface area contributed by atoms with Crippen LogP contribution in [0, 0.1) is 15.9 Å². The summed E-state index contributed by atoms with van der Waals surface area (Å²) in [7, 11) is 0. The number of nitrogens with one attached hydrogen (secondary N) is 3. The number of morpholine rings is 1. The summed E-state index contributed by atoms with van der Waals surface area (Å²) in [5, 5.41) is 18.9. The topological polar surface area (TPSA) is 147 Å². The lowest BCUT2D eigenvalue weighted by Crippen LogP contribution is -2.49. The van der Waals surface area contributed by atoms with E-state index in [1.807, 2.05) is 0 Å². The van der Waals surface area contributed by atoms with E-state index in [2.05, 4.69) is 15.6 Å². The van der Waals surface area contributed by atoms with Crippen LogP contribution in [0.2, 0.25) is 0 Å². The van der Waals surface area contributed by atoms with Crippen LogP contribution in [-0.2, 0) is 4.74 Å². The van der Waals surface area contributed by atoms with Crippen molar-refractivity contribution in [2.24, 2.45) is 0 Å². The molecule has 0 spiro atoms. The zero-order valence-electron chi connectivity index (χ0n) is 23.0. The Balaban J connectivity index is 1.33. The Morgan fingerprint density at radius 2 is 1.74 bits per heavy atom. The number of carbonyl (C=O) groups is 2. The van der Waals surface area contributed by atoms with Crippen LogP contribution in [0.25, 0.3) is 10.9 Å². The third kappa shape index (κ3) is 5.71. The number of ether oxygens (including phenoxy) is 1. The van der Waals surface area contributed by atoms with Gasteiger partial charge in [-0.2, -0.15) is 0 Å². The largest absolute Gasteiger partial charge is 0.378 e. The number of halogens is 1. The molecule has 12 heteroatoms. The van der Waals surface area contributed by atoms with E-state index in [9.17, 15) is 28.9 Å². The first kappa shape index (κ1) is 27.8. The standard InChI is InChI=1S/C30H32FN5O6/c31-19-7-8-23-20(15-19)21(16-27(37)32-23)29(38)34-25-4-2-1-3-24(25)33-28-22(30(39)35-9-11-42-12-10-35)13-18(17-5-6-17)14-26(28)36(40)41/h7-8,13-17,24-25,33H,1-6,9-12H2,(H,32,37)(H,34,38)/t24-,25+/m1/s1. The number of carbonyl (C=O) groups excluding carboxylic acids is 2. The highest BCUT2D eigenvalue weighted by Gasteiger charge is 2.35. The van der Waals surface area contributed by atoms with Crippen molar-refractivity contribution < 1.29 is 23.6 Å². The molecule has 2 amide bonds. The lowest BCUT2D eigenvalue weighted by molar-refractivity contribution is -0.384. The lowest BCUT2D eigenvalue weighted by Gasteiger charge is -2.34. The summed E-state index contributed by atoms with van der Waals surface area (Å²) >= 11 is 0. The second-order valence-electron chi connectivity index (χ2n) is 11.3. The maximum absolute atomic E-state index is 14.0. The number of nitrogens with zero attached hydrogens (tertiary/aromatic N) is 2. The molecule has 3 aliphatic rings. The van der Waals surface area contributed by atoms with E-state index in [0.29, 0.717) is 44.7 Å². The van der Waals surface area contributed by atoms with Crippen molar-refractivity contribution in [3.8, 4) is 0 Å². The fourth-order valence-electron chi connectivity index (χ4n) is 6.02. The van der Waals surface area contributed by atoms with Crippen molar-refractivity contribution in [1.82, 2.24) is 15.2 Å². The highest BCUT2D eigenvalue weighted by atomic mass is 19.1. The van der Waals surface area contributed by atoms with Crippen LogP contribution >= 0.6 is 0 Å². The number of H-pyrrole nitrogens is 1. The third-order valence-corrected chi connectivity index (χ3v) is 8.38. The summed E-state index contributed by atoms with van der Waals surface area (Å²) in [6, 6.07) is 7.41. The molecule has 1 aliphatic heterocycles. The minimum Gasteiger partial charge on any atom is -0.378 e. The predicted octanol–water partition coefficient (Wildman–Crippen LogP) is 4.08. The molecular formula is C30H32FN5O6. The van der Waals surface area contributed by atoms with Gasteiger partial charge in [0.05, 0.1) is 29.3 Å². The van der Waals surface area contributed by atoms with Crippen LogP contribution in [0.1, 0.15) is 70.7 Å². The predicted molar refractivity (Wildman–Crippen MR) is 153 cm³/mol. The molecule has 3 aromatic rings. The summed E-state index contributed by atoms with van der Waals surface area (Å²) in [4.78, 5) is 55.6. The molecule has 6 rings (SSSR count). The number of nitro groups is 1. The first-order valence-corrected chi connectivity index (χ1v) is 14.4. The molecule has 220 valence electrons. The Labute approximate surface area is 240 Å². The van der Waals surface area contributed by atoms with Gasteiger partial charge in [0, 0.05) is 48.2 Å². The van der Waals surface area contributed by atoms with Gasteiger partial charge < -0.3 is 25.3 Å². The normalized spacial score (nSPS) is 20.7. The number of benzene rings is 2. The van der Waals surface area contributed by atoms with Gasteiger partial charge in [-0.3, -0.25) is 24.5 Å². The molecule has 2 aliphatic carbocycles. The highest BCUT2D eigenvalue weighted by Crippen LogP contribution is 2.44. The molecule has 1 aromatic heterocycles. The SMILES string of the molecule is O=C(N[C@H]1CCCC[C@H]1Nc1c(C(=O)N2CCOCC2)cc(C2CC2)cc1[N+](=O)[O-])c1cc(=O)[nH]c2ccc(F)cc12. The van der Waals surface area contributed by atoms with Crippen LogP contribution in [0.3, 0.4) is 0 Å². The number of anilines is 1. The maximum atomic E-state index is 14.0. The van der Waals surface area contributed by atoms with E-state index in [-0.39, 0.29) is 39.7 Å². The number of hydrogen-bond acceptors (Lipinski definition) is 7. The smallest absolute Gasteiger partial charge is 0.293 e. The third-order valence-electron chi connectivity index (χ3n) is 8.38. The summed E-state index contributed by atoms with van der Waals surface area (Å²) in [6.07, 6.45) is 4.67. The van der Waals surface area contributed by atoms with E-state index >= 15 is 0 Å². The maximum Gasteiger partial charge on any atom is 0.293 e. The number of pyridine rings is 1. The molecule has 2 saturated carbocycles. The average molecular weight is 578 g/mol. The number of aromatic nitrogens is 1. The van der Waals surface area contributed by atoms with Gasteiger partial charge in [-0.1, -0.05) is 12.8 Å². The van der Waals surface area contributed by atoms with Crippen molar-refractivity contribution >= 4 is 34.1 Å². The van der Waals surface area contributed by atoms with Crippen molar-refractivity contribution in [3.63, 3.8) is 0 Å². The van der Waals surface area contributed by atoms with Gasteiger partial charge in [-0.15, -0.1) is 0 Å². The van der Waals surface area contributed by atoms with Crippen LogP contribution in [0.5, 0.6) is 0 Å². The van der Waals surface area contributed by atoms with Gasteiger partial charge in [0.1, 0.15) is 11.5 Å². The Hall–Kier alpha value is -4.32. The highest BCUT2D eigenvalue weighted by molar-refractivity contribution is 6.06. The summed E-state index contributed by atoms with van der Waals surface area (Å²) in [5.41, 5.74) is 0.907. The molecule has 2 aromatic carbocycles. The quantitative estimate of drug-likeness (QED) is 0.283. The minimum atomic E-state index is -0.543. The number of nitro benzene ring substituents is 1. The molecule has 0 bridgehead atoms. The lowest BCUT2D eigenvalue weighted by atomic mass is 9.89. The van der Waals surface area contributed by atoms with Crippen molar-refractivity contribution in [2.75, 3.05) is 31.6 Å². The molecule has 3 N–H and O–H groups in total. The molecular weight excluding hydrogens is 545 g/mol. The van der Waals surface area contributed by atoms with E-state index in [4.69, 9.17) is 4.74 Å². The molecule has 2 heterocycles. The van der Waals surface area contributed by atoms with E-state index in [1.54, 1.807) is 17.0 Å². The van der Waals surface area contributed by atoms with Crippen molar-refractivity contribution in [2.45, 2.75) is 56.5 Å². The van der Waals surface area contributed by atoms with Crippen LogP contribution in [0.15, 0.2) is 41.2 Å². The van der Waals surface area contributed by atoms with Gasteiger partial charge in [0.15, 0.2) is 0 Å². The van der Waals surface area contributed by atoms with E-state index in [0.717, 1.165) is 37.3 Å². The minimum absolute atomic E-state index is 0.0422. The Morgan fingerprint density at radius 3 is 2.45 bits per heavy atom. The van der Waals surface area contributed by atoms with Gasteiger partial charge in [-0.05, 0) is 61.4 Å². The van der Waals surface area contributed by atoms with Crippen LogP contribution in [-0.4, -0.2) is 65.0 Å². The first-order chi connectivity index (χ1) is 20.3. The van der Waals surface area contributed by atoms with Crippen molar-refractivity contribution in [3.05, 3.63) is 79.4 Å². The summed E-state index contributed by atoms with van der Waals surface area (Å²) in [5.74, 6) is -1.18. The Morgan fingerprint density at radius 1 is 1.00 bits per heavy atom. The fraction of sp³-hybridized carbons (Fsp3) is 0.433. The molecule has 3 fully saturated rings. The number of aromatic amines is 1. The number of hydrogen-bond donors (Lipinski definition) is 3. The van der Waals surface area contributed by atoms with E-state index < -0.39 is 34.3 Å². The van der Waals surface area contributed by atoms with Gasteiger partial charge >= 0.3 is 0 Å². The molecule has 1 saturated heterocycles. The average Bonchev–Trinajstić information content (AvgIpc) is 3.84. The molecule has 11 nitrogen and oxygen atoms in total. The number of rotatable bonds is 7. The number of fused-ring (bicyclic) bond motifs is 1. The fourth-order valence-corrected chi connectivity index (χ4v) is 6.02. The second kappa shape index (κ2) is 11.5. The van der Waals surface area contributed by atoms with Gasteiger partial charge in [0.25, 0.3) is 17.5 Å². The van der Waals surface area contributed by atoms with Crippen molar-refractivity contribution in [1.29, 1.82) is 0 Å². The van der Waals surface area contributed by atoms with Crippen LogP contribution in [0.4, 0.5) is 15.8 Å². The molecule has 42 heavy (non-hydrogen) atoms. The van der Waals surface area contributed by atoms with Gasteiger partial charge in [0.2, 0.25) is 5.56 Å². The Kier molecular flexibility index (Phi) is 7.63.